The molecule has 0 heterocycles. The van der Waals surface area contributed by atoms with Crippen LogP contribution in [0.3, 0.4) is 0 Å². The van der Waals surface area contributed by atoms with E-state index in [-0.39, 0.29) is 18.5 Å². The van der Waals surface area contributed by atoms with Crippen molar-refractivity contribution in [2.24, 2.45) is 0 Å². The van der Waals surface area contributed by atoms with Crippen LogP contribution in [0, 0.1) is 0 Å². The molecule has 0 bridgehead atoms. The van der Waals surface area contributed by atoms with Gasteiger partial charge in [-0.05, 0) is 25.7 Å². The van der Waals surface area contributed by atoms with Crippen molar-refractivity contribution in [2.75, 3.05) is 13.2 Å². The Bertz CT molecular complexity index is 944. The van der Waals surface area contributed by atoms with Crippen molar-refractivity contribution in [2.45, 2.75) is 360 Å². The normalized spacial score (nSPS) is 12.5. The number of hydrogen-bond donors (Lipinski definition) is 3. The van der Waals surface area contributed by atoms with Crippen molar-refractivity contribution in [3.8, 4) is 0 Å². The van der Waals surface area contributed by atoms with Gasteiger partial charge in [-0.3, -0.25) is 9.59 Å². The third kappa shape index (κ3) is 52.2. The second-order valence-electron chi connectivity index (χ2n) is 21.1. The molecule has 6 heteroatoms. The van der Waals surface area contributed by atoms with Crippen LogP contribution in [0.2, 0.25) is 0 Å². The van der Waals surface area contributed by atoms with Crippen molar-refractivity contribution in [1.29, 1.82) is 0 Å². The molecule has 0 aromatic carbocycles. The molecule has 0 fully saturated rings. The number of esters is 1. The lowest BCUT2D eigenvalue weighted by Crippen LogP contribution is -2.45. The standard InChI is InChI=1S/C60H119NO5/c1-3-5-7-9-11-13-15-16-17-18-21-25-28-31-34-38-42-46-50-54-60(65)66-55-51-47-43-39-35-32-29-26-23-20-19-22-24-27-30-33-37-41-45-49-53-59(64)61-57(56-62)58(63)52-48-44-40-36-14-12-10-8-6-4-2/h57-58,62-63H,3-56H2,1-2H3,(H,61,64). The van der Waals surface area contributed by atoms with Gasteiger partial charge in [0.2, 0.25) is 5.91 Å². The van der Waals surface area contributed by atoms with Gasteiger partial charge in [0.1, 0.15) is 0 Å². The first kappa shape index (κ1) is 64.9. The Hall–Kier alpha value is -1.14. The van der Waals surface area contributed by atoms with Gasteiger partial charge in [-0.2, -0.15) is 0 Å². The third-order valence-corrected chi connectivity index (χ3v) is 14.4. The number of aliphatic hydroxyl groups excluding tert-OH is 2. The number of carbonyl (C=O) groups excluding carboxylic acids is 2. The Morgan fingerprint density at radius 1 is 0.364 bits per heavy atom. The van der Waals surface area contributed by atoms with E-state index in [0.717, 1.165) is 38.5 Å². The van der Waals surface area contributed by atoms with Crippen LogP contribution in [0.5, 0.6) is 0 Å². The highest BCUT2D eigenvalue weighted by molar-refractivity contribution is 5.76. The first-order valence-electron chi connectivity index (χ1n) is 30.3. The molecule has 0 aliphatic heterocycles. The molecule has 6 nitrogen and oxygen atoms in total. The van der Waals surface area contributed by atoms with E-state index in [1.54, 1.807) is 0 Å². The summed E-state index contributed by atoms with van der Waals surface area (Å²) >= 11 is 0. The molecule has 0 saturated carbocycles. The van der Waals surface area contributed by atoms with E-state index in [1.807, 2.05) is 0 Å². The van der Waals surface area contributed by atoms with Crippen LogP contribution in [0.4, 0.5) is 0 Å². The van der Waals surface area contributed by atoms with Gasteiger partial charge in [0.05, 0.1) is 25.4 Å². The summed E-state index contributed by atoms with van der Waals surface area (Å²) in [5.41, 5.74) is 0. The van der Waals surface area contributed by atoms with Crippen molar-refractivity contribution < 1.29 is 24.5 Å². The van der Waals surface area contributed by atoms with Crippen molar-refractivity contribution >= 4 is 11.9 Å². The van der Waals surface area contributed by atoms with Gasteiger partial charge in [-0.25, -0.2) is 0 Å². The molecular formula is C60H119NO5. The lowest BCUT2D eigenvalue weighted by Gasteiger charge is -2.22. The zero-order valence-electron chi connectivity index (χ0n) is 45.0. The largest absolute Gasteiger partial charge is 0.466 e. The SMILES string of the molecule is CCCCCCCCCCCCCCCCCCCCCC(=O)OCCCCCCCCCCCCCCCCCCCCCCC(=O)NC(CO)C(O)CCCCCCCCCCCC. The van der Waals surface area contributed by atoms with E-state index in [9.17, 15) is 19.8 Å². The van der Waals surface area contributed by atoms with Crippen molar-refractivity contribution in [3.63, 3.8) is 0 Å². The van der Waals surface area contributed by atoms with Crippen LogP contribution in [0.25, 0.3) is 0 Å². The van der Waals surface area contributed by atoms with Gasteiger partial charge < -0.3 is 20.3 Å². The first-order valence-corrected chi connectivity index (χ1v) is 30.3. The Morgan fingerprint density at radius 3 is 0.924 bits per heavy atom. The zero-order chi connectivity index (χ0) is 47.9. The van der Waals surface area contributed by atoms with E-state index in [1.165, 1.54) is 276 Å². The zero-order valence-corrected chi connectivity index (χ0v) is 45.0. The van der Waals surface area contributed by atoms with Crippen LogP contribution in [0.15, 0.2) is 0 Å². The molecule has 0 rings (SSSR count). The first-order chi connectivity index (χ1) is 32.5. The lowest BCUT2D eigenvalue weighted by atomic mass is 10.0. The minimum Gasteiger partial charge on any atom is -0.466 e. The Labute approximate surface area is 413 Å². The van der Waals surface area contributed by atoms with E-state index < -0.39 is 12.1 Å². The fourth-order valence-electron chi connectivity index (χ4n) is 9.76. The summed E-state index contributed by atoms with van der Waals surface area (Å²) in [6, 6.07) is -0.540. The molecule has 0 radical (unpaired) electrons. The van der Waals surface area contributed by atoms with Gasteiger partial charge in [-0.1, -0.05) is 309 Å². The van der Waals surface area contributed by atoms with E-state index in [0.29, 0.717) is 25.9 Å². The maximum atomic E-state index is 12.4. The molecule has 0 spiro atoms. The van der Waals surface area contributed by atoms with Gasteiger partial charge in [-0.15, -0.1) is 0 Å². The molecule has 3 N–H and O–H groups in total. The summed E-state index contributed by atoms with van der Waals surface area (Å²) in [5.74, 6) is -0.0203. The van der Waals surface area contributed by atoms with Gasteiger partial charge in [0.15, 0.2) is 0 Å². The summed E-state index contributed by atoms with van der Waals surface area (Å²) in [6.45, 7) is 4.96. The summed E-state index contributed by atoms with van der Waals surface area (Å²) in [7, 11) is 0. The van der Waals surface area contributed by atoms with Crippen LogP contribution in [-0.4, -0.2) is 47.4 Å². The molecule has 0 aliphatic rings. The van der Waals surface area contributed by atoms with E-state index >= 15 is 0 Å². The fourth-order valence-corrected chi connectivity index (χ4v) is 9.76. The number of amides is 1. The van der Waals surface area contributed by atoms with Crippen LogP contribution in [-0.2, 0) is 14.3 Å². The number of hydrogen-bond acceptors (Lipinski definition) is 5. The molecule has 0 aromatic rings. The minimum atomic E-state index is -0.662. The van der Waals surface area contributed by atoms with E-state index in [4.69, 9.17) is 4.74 Å². The van der Waals surface area contributed by atoms with E-state index in [2.05, 4.69) is 19.2 Å². The highest BCUT2D eigenvalue weighted by Crippen LogP contribution is 2.18. The van der Waals surface area contributed by atoms with Crippen molar-refractivity contribution in [3.05, 3.63) is 0 Å². The molecule has 66 heavy (non-hydrogen) atoms. The lowest BCUT2D eigenvalue weighted by molar-refractivity contribution is -0.143. The maximum absolute atomic E-state index is 12.4. The number of unbranched alkanes of at least 4 members (excludes halogenated alkanes) is 46. The molecular weight excluding hydrogens is 815 g/mol. The van der Waals surface area contributed by atoms with Gasteiger partial charge >= 0.3 is 5.97 Å². The summed E-state index contributed by atoms with van der Waals surface area (Å²) < 4.78 is 5.50. The number of ether oxygens (including phenoxy) is 1. The van der Waals surface area contributed by atoms with Crippen LogP contribution in [0.1, 0.15) is 348 Å². The highest BCUT2D eigenvalue weighted by Gasteiger charge is 2.20. The fraction of sp³-hybridized carbons (Fsp3) is 0.967. The highest BCUT2D eigenvalue weighted by atomic mass is 16.5. The smallest absolute Gasteiger partial charge is 0.305 e. The Morgan fingerprint density at radius 2 is 0.621 bits per heavy atom. The summed E-state index contributed by atoms with van der Waals surface area (Å²) in [4.78, 5) is 24.5. The molecule has 0 aromatic heterocycles. The maximum Gasteiger partial charge on any atom is 0.305 e. The van der Waals surface area contributed by atoms with Crippen molar-refractivity contribution in [1.82, 2.24) is 5.32 Å². The second kappa shape index (κ2) is 56.4. The van der Waals surface area contributed by atoms with Gasteiger partial charge in [0, 0.05) is 12.8 Å². The minimum absolute atomic E-state index is 0.0162. The second-order valence-corrected chi connectivity index (χ2v) is 21.1. The van der Waals surface area contributed by atoms with Crippen LogP contribution < -0.4 is 5.32 Å². The average molecular weight is 935 g/mol. The predicted octanol–water partition coefficient (Wildman–Crippen LogP) is 18.7. The number of rotatable bonds is 57. The quantitative estimate of drug-likeness (QED) is 0.0417. The summed E-state index contributed by atoms with van der Waals surface area (Å²) in [5, 5.41) is 23.1. The van der Waals surface area contributed by atoms with Gasteiger partial charge in [0.25, 0.3) is 0 Å². The molecule has 0 saturated heterocycles. The topological polar surface area (TPSA) is 95.9 Å². The predicted molar refractivity (Wildman–Crippen MR) is 287 cm³/mol. The molecule has 1 amide bonds. The molecule has 2 atom stereocenters. The number of nitrogens with one attached hydrogen (secondary N) is 1. The molecule has 0 aliphatic carbocycles. The van der Waals surface area contributed by atoms with Crippen LogP contribution >= 0.6 is 0 Å². The average Bonchev–Trinajstić information content (AvgIpc) is 3.32. The molecule has 394 valence electrons. The number of carbonyl (C=O) groups is 2. The third-order valence-electron chi connectivity index (χ3n) is 14.4. The number of aliphatic hydroxyl groups is 2. The summed E-state index contributed by atoms with van der Waals surface area (Å²) in [6.07, 6.45) is 65.4. The monoisotopic (exact) mass is 934 g/mol. The Kier molecular flexibility index (Phi) is 55.5. The molecule has 2 unspecified atom stereocenters. The Balaban J connectivity index is 3.33.